The van der Waals surface area contributed by atoms with Crippen molar-refractivity contribution in [1.82, 2.24) is 35.4 Å². The monoisotopic (exact) mass is 583 g/mol. The number of oxime groups is 1. The number of carbonyl (C=O) groups is 4. The van der Waals surface area contributed by atoms with E-state index in [0.717, 1.165) is 32.7 Å². The average Bonchev–Trinajstić information content (AvgIpc) is 3.50. The summed E-state index contributed by atoms with van der Waals surface area (Å²) in [5.74, 6) is -3.39. The maximum Gasteiger partial charge on any atom is 0.352 e. The Kier molecular flexibility index (Phi) is 8.47. The number of rotatable bonds is 12. The highest BCUT2D eigenvalue weighted by Crippen LogP contribution is 2.41. The summed E-state index contributed by atoms with van der Waals surface area (Å²) >= 11 is 3.44. The summed E-state index contributed by atoms with van der Waals surface area (Å²) in [6.45, 7) is 1.68. The number of carboxylic acids is 2. The first-order valence-electron chi connectivity index (χ1n) is 10.9. The predicted molar refractivity (Wildman–Crippen MR) is 135 cm³/mol. The molecular formula is C19H21N9O7S3. The molecule has 0 aromatic carbocycles. The number of nitrogens with one attached hydrogen (secondary N) is 1. The normalized spacial score (nSPS) is 19.1. The first-order valence-corrected chi connectivity index (χ1v) is 13.9. The summed E-state index contributed by atoms with van der Waals surface area (Å²) in [4.78, 5) is 59.5. The number of nitrogen functional groups attached to an aromatic ring is 1. The molecule has 2 atom stereocenters. The van der Waals surface area contributed by atoms with Gasteiger partial charge in [-0.2, -0.15) is 0 Å². The second kappa shape index (κ2) is 11.8. The SMILES string of the molecule is CCCON=C(C(=O)NC1C(=O)N2C(C(=O)O)=C(CSc3nnnn3CC(=O)O)CS[C@H]12)c1csc(N)n1. The summed E-state index contributed by atoms with van der Waals surface area (Å²) in [6.07, 6.45) is 0.659. The van der Waals surface area contributed by atoms with Crippen LogP contribution in [0, 0.1) is 0 Å². The molecule has 2 aromatic heterocycles. The van der Waals surface area contributed by atoms with Crippen molar-refractivity contribution in [3.63, 3.8) is 0 Å². The number of β-lactam (4-membered cyclic amide) rings is 1. The highest BCUT2D eigenvalue weighted by atomic mass is 32.2. The number of hydrogen-bond acceptors (Lipinski definition) is 14. The van der Waals surface area contributed by atoms with Gasteiger partial charge in [-0.25, -0.2) is 14.5 Å². The number of carboxylic acid groups (broad SMARTS) is 2. The third-order valence-electron chi connectivity index (χ3n) is 5.13. The van der Waals surface area contributed by atoms with E-state index >= 15 is 0 Å². The van der Waals surface area contributed by atoms with Gasteiger partial charge >= 0.3 is 11.9 Å². The summed E-state index contributed by atoms with van der Waals surface area (Å²) in [6, 6.07) is -0.994. The molecule has 0 radical (unpaired) electrons. The van der Waals surface area contributed by atoms with Crippen molar-refractivity contribution in [2.24, 2.45) is 5.16 Å². The predicted octanol–water partition coefficient (Wildman–Crippen LogP) is -0.542. The Labute approximate surface area is 226 Å². The molecule has 2 aliphatic rings. The number of fused-ring (bicyclic) bond motifs is 1. The van der Waals surface area contributed by atoms with Gasteiger partial charge in [0, 0.05) is 16.9 Å². The van der Waals surface area contributed by atoms with Gasteiger partial charge < -0.3 is 26.1 Å². The fourth-order valence-electron chi connectivity index (χ4n) is 3.49. The van der Waals surface area contributed by atoms with Gasteiger partial charge in [0.2, 0.25) is 5.16 Å². The van der Waals surface area contributed by atoms with Crippen molar-refractivity contribution in [2.45, 2.75) is 36.5 Å². The number of tetrazole rings is 1. The van der Waals surface area contributed by atoms with Crippen molar-refractivity contribution in [3.8, 4) is 0 Å². The van der Waals surface area contributed by atoms with E-state index in [2.05, 4.69) is 31.0 Å². The second-order valence-corrected chi connectivity index (χ2v) is 10.7. The van der Waals surface area contributed by atoms with Crippen LogP contribution in [0.1, 0.15) is 19.0 Å². The van der Waals surface area contributed by atoms with Crippen LogP contribution in [0.3, 0.4) is 0 Å². The number of amides is 2. The molecule has 0 aliphatic carbocycles. The summed E-state index contributed by atoms with van der Waals surface area (Å²) in [5.41, 5.74) is 5.96. The lowest BCUT2D eigenvalue weighted by molar-refractivity contribution is -0.150. The molecule has 2 aromatic rings. The van der Waals surface area contributed by atoms with Crippen molar-refractivity contribution in [3.05, 3.63) is 22.3 Å². The van der Waals surface area contributed by atoms with E-state index < -0.39 is 41.7 Å². The zero-order chi connectivity index (χ0) is 27.4. The fraction of sp³-hybridized carbons (Fsp3) is 0.421. The molecule has 1 fully saturated rings. The lowest BCUT2D eigenvalue weighted by atomic mass is 10.0. The molecule has 0 saturated carbocycles. The van der Waals surface area contributed by atoms with Gasteiger partial charge in [-0.3, -0.25) is 19.3 Å². The lowest BCUT2D eigenvalue weighted by Gasteiger charge is -2.49. The molecule has 2 amide bonds. The van der Waals surface area contributed by atoms with E-state index in [4.69, 9.17) is 15.7 Å². The van der Waals surface area contributed by atoms with Gasteiger partial charge in [-0.15, -0.1) is 28.2 Å². The minimum absolute atomic E-state index is 0.110. The summed E-state index contributed by atoms with van der Waals surface area (Å²) < 4.78 is 1.08. The quantitative estimate of drug-likeness (QED) is 0.0809. The Morgan fingerprint density at radius 2 is 2.16 bits per heavy atom. The molecule has 4 rings (SSSR count). The number of nitrogens with two attached hydrogens (primary N) is 1. The molecule has 202 valence electrons. The molecule has 2 aliphatic heterocycles. The molecule has 16 nitrogen and oxygen atoms in total. The third kappa shape index (κ3) is 5.73. The van der Waals surface area contributed by atoms with E-state index in [9.17, 15) is 24.3 Å². The number of aromatic nitrogens is 5. The Balaban J connectivity index is 1.48. The lowest BCUT2D eigenvalue weighted by Crippen LogP contribution is -2.71. The van der Waals surface area contributed by atoms with Gasteiger partial charge in [0.15, 0.2) is 10.8 Å². The van der Waals surface area contributed by atoms with Gasteiger partial charge in [0.25, 0.3) is 11.8 Å². The van der Waals surface area contributed by atoms with Crippen LogP contribution in [-0.2, 0) is 30.6 Å². The van der Waals surface area contributed by atoms with Crippen LogP contribution >= 0.6 is 34.9 Å². The van der Waals surface area contributed by atoms with Crippen LogP contribution in [0.4, 0.5) is 5.13 Å². The summed E-state index contributed by atoms with van der Waals surface area (Å²) in [7, 11) is 0. The average molecular weight is 584 g/mol. The maximum atomic E-state index is 13.0. The van der Waals surface area contributed by atoms with E-state index in [1.165, 1.54) is 17.1 Å². The smallest absolute Gasteiger partial charge is 0.352 e. The molecule has 5 N–H and O–H groups in total. The Morgan fingerprint density at radius 1 is 1.37 bits per heavy atom. The van der Waals surface area contributed by atoms with Crippen molar-refractivity contribution in [2.75, 3.05) is 23.8 Å². The third-order valence-corrected chi connectivity index (χ3v) is 8.18. The van der Waals surface area contributed by atoms with Crippen LogP contribution in [0.15, 0.2) is 27.0 Å². The maximum absolute atomic E-state index is 13.0. The van der Waals surface area contributed by atoms with Crippen LogP contribution in [-0.4, -0.2) is 99.3 Å². The molecule has 19 heteroatoms. The van der Waals surface area contributed by atoms with Crippen LogP contribution in [0.2, 0.25) is 0 Å². The number of carbonyl (C=O) groups excluding carboxylic acids is 2. The first kappa shape index (κ1) is 27.3. The van der Waals surface area contributed by atoms with Gasteiger partial charge in [-0.1, -0.05) is 23.8 Å². The van der Waals surface area contributed by atoms with Crippen molar-refractivity contribution >= 4 is 69.5 Å². The number of thiazole rings is 1. The van der Waals surface area contributed by atoms with Crippen LogP contribution in [0.5, 0.6) is 0 Å². The molecule has 0 bridgehead atoms. The molecule has 1 saturated heterocycles. The van der Waals surface area contributed by atoms with Gasteiger partial charge in [0.1, 0.15) is 36.0 Å². The Hall–Kier alpha value is -3.71. The number of nitrogens with zero attached hydrogens (tertiary/aromatic N) is 7. The Bertz CT molecular complexity index is 1320. The number of thioether (sulfide) groups is 2. The molecule has 1 unspecified atom stereocenters. The first-order chi connectivity index (χ1) is 18.2. The summed E-state index contributed by atoms with van der Waals surface area (Å²) in [5, 5.41) is 37.4. The van der Waals surface area contributed by atoms with E-state index in [1.54, 1.807) is 0 Å². The molecule has 0 spiro atoms. The highest BCUT2D eigenvalue weighted by Gasteiger charge is 2.54. The van der Waals surface area contributed by atoms with E-state index in [1.807, 2.05) is 6.92 Å². The largest absolute Gasteiger partial charge is 0.480 e. The number of anilines is 1. The molecular weight excluding hydrogens is 562 g/mol. The zero-order valence-corrected chi connectivity index (χ0v) is 22.1. The van der Waals surface area contributed by atoms with Crippen molar-refractivity contribution < 1.29 is 34.2 Å². The number of hydrogen-bond donors (Lipinski definition) is 4. The molecule has 4 heterocycles. The zero-order valence-electron chi connectivity index (χ0n) is 19.6. The fourth-order valence-corrected chi connectivity index (χ4v) is 6.39. The minimum Gasteiger partial charge on any atom is -0.480 e. The Morgan fingerprint density at radius 3 is 2.82 bits per heavy atom. The molecule has 38 heavy (non-hydrogen) atoms. The van der Waals surface area contributed by atoms with Crippen LogP contribution < -0.4 is 11.1 Å². The van der Waals surface area contributed by atoms with Gasteiger partial charge in [0.05, 0.1) is 0 Å². The minimum atomic E-state index is -1.30. The van der Waals surface area contributed by atoms with E-state index in [0.29, 0.717) is 12.0 Å². The standard InChI is InChI=1S/C19H21N9O7S3/c1-2-3-35-24-11(9-7-37-18(20)21-9)14(31)22-12-15(32)28-13(17(33)34)8(5-36-16(12)28)6-38-19-23-25-26-27(19)4-10(29)30/h7,12,16H,2-6H2,1H3,(H2,20,21)(H,22,31)(H,29,30)(H,33,34)/t12?,16-/m1/s1. The topological polar surface area (TPSA) is 228 Å². The van der Waals surface area contributed by atoms with Crippen molar-refractivity contribution in [1.29, 1.82) is 0 Å². The number of aliphatic carboxylic acids is 2. The second-order valence-electron chi connectivity index (χ2n) is 7.76. The van der Waals surface area contributed by atoms with Gasteiger partial charge in [-0.05, 0) is 22.4 Å². The van der Waals surface area contributed by atoms with Crippen LogP contribution in [0.25, 0.3) is 0 Å². The highest BCUT2D eigenvalue weighted by molar-refractivity contribution is 8.01. The van der Waals surface area contributed by atoms with E-state index in [-0.39, 0.29) is 45.5 Å².